The molecule has 20 heavy (non-hydrogen) atoms. The van der Waals surface area contributed by atoms with Gasteiger partial charge in [0.1, 0.15) is 12.4 Å². The van der Waals surface area contributed by atoms with E-state index in [2.05, 4.69) is 5.32 Å². The van der Waals surface area contributed by atoms with Gasteiger partial charge in [-0.1, -0.05) is 0 Å². The van der Waals surface area contributed by atoms with Crippen molar-refractivity contribution in [1.82, 2.24) is 10.2 Å². The molecule has 0 spiro atoms. The molecule has 0 saturated heterocycles. The summed E-state index contributed by atoms with van der Waals surface area (Å²) in [6.45, 7) is 0.446. The molecular formula is C14H18N2O4. The highest BCUT2D eigenvalue weighted by molar-refractivity contribution is 6.04. The van der Waals surface area contributed by atoms with Gasteiger partial charge in [0.25, 0.3) is 0 Å². The fourth-order valence-corrected chi connectivity index (χ4v) is 1.36. The van der Waals surface area contributed by atoms with Crippen molar-refractivity contribution in [1.29, 1.82) is 0 Å². The van der Waals surface area contributed by atoms with Crippen molar-refractivity contribution in [2.75, 3.05) is 27.2 Å². The summed E-state index contributed by atoms with van der Waals surface area (Å²) in [4.78, 5) is 23.8. The molecule has 108 valence electrons. The van der Waals surface area contributed by atoms with Crippen LogP contribution < -0.4 is 10.1 Å². The number of carbonyl (C=O) groups excluding carboxylic acids is 1. The first-order valence-electron chi connectivity index (χ1n) is 6.07. The highest BCUT2D eigenvalue weighted by Crippen LogP contribution is 2.12. The number of benzene rings is 1. The van der Waals surface area contributed by atoms with Gasteiger partial charge in [-0.25, -0.2) is 4.79 Å². The molecule has 1 rings (SSSR count). The second kappa shape index (κ2) is 7.83. The molecule has 0 saturated carbocycles. The fraction of sp³-hybridized carbons (Fsp3) is 0.286. The smallest absolute Gasteiger partial charge is 0.404 e. The van der Waals surface area contributed by atoms with Gasteiger partial charge in [0.2, 0.25) is 0 Å². The average molecular weight is 278 g/mol. The van der Waals surface area contributed by atoms with Crippen molar-refractivity contribution in [3.8, 4) is 5.75 Å². The number of carboxylic acid groups (broad SMARTS) is 1. The van der Waals surface area contributed by atoms with Crippen LogP contribution >= 0.6 is 0 Å². The van der Waals surface area contributed by atoms with Crippen LogP contribution in [0.2, 0.25) is 0 Å². The number of amides is 1. The maximum absolute atomic E-state index is 11.8. The molecule has 0 heterocycles. The lowest BCUT2D eigenvalue weighted by molar-refractivity contribution is 0.104. The first kappa shape index (κ1) is 15.6. The van der Waals surface area contributed by atoms with Gasteiger partial charge in [-0.15, -0.1) is 0 Å². The third-order valence-corrected chi connectivity index (χ3v) is 2.31. The number of ketones is 1. The molecule has 0 fully saturated rings. The molecule has 0 aromatic heterocycles. The minimum atomic E-state index is -1.08. The van der Waals surface area contributed by atoms with Crippen LogP contribution in [0.4, 0.5) is 4.79 Å². The first-order valence-corrected chi connectivity index (χ1v) is 6.07. The van der Waals surface area contributed by atoms with Crippen LogP contribution in [0.25, 0.3) is 0 Å². The molecule has 1 aromatic rings. The zero-order valence-electron chi connectivity index (χ0n) is 11.5. The maximum Gasteiger partial charge on any atom is 0.404 e. The zero-order chi connectivity index (χ0) is 15.0. The Morgan fingerprint density at radius 1 is 1.30 bits per heavy atom. The number of allylic oxidation sites excluding steroid dienone is 1. The van der Waals surface area contributed by atoms with E-state index in [1.54, 1.807) is 35.4 Å². The Morgan fingerprint density at radius 3 is 2.50 bits per heavy atom. The molecule has 0 bridgehead atoms. The van der Waals surface area contributed by atoms with E-state index < -0.39 is 6.09 Å². The number of carbonyl (C=O) groups is 2. The van der Waals surface area contributed by atoms with Gasteiger partial charge in [-0.05, 0) is 24.3 Å². The molecule has 0 aliphatic rings. The Kier molecular flexibility index (Phi) is 6.09. The van der Waals surface area contributed by atoms with E-state index in [4.69, 9.17) is 9.84 Å². The van der Waals surface area contributed by atoms with Gasteiger partial charge >= 0.3 is 6.09 Å². The predicted octanol–water partition coefficient (Wildman–Crippen LogP) is 1.59. The van der Waals surface area contributed by atoms with Gasteiger partial charge < -0.3 is 20.1 Å². The Labute approximate surface area is 117 Å². The van der Waals surface area contributed by atoms with Crippen molar-refractivity contribution in [2.24, 2.45) is 0 Å². The van der Waals surface area contributed by atoms with Crippen LogP contribution in [0.3, 0.4) is 0 Å². The van der Waals surface area contributed by atoms with Crippen LogP contribution in [0, 0.1) is 0 Å². The minimum absolute atomic E-state index is 0.0854. The monoisotopic (exact) mass is 278 g/mol. The molecule has 6 heteroatoms. The molecule has 1 amide bonds. The van der Waals surface area contributed by atoms with Crippen molar-refractivity contribution in [3.63, 3.8) is 0 Å². The Hall–Kier alpha value is -2.50. The predicted molar refractivity (Wildman–Crippen MR) is 75.1 cm³/mol. The Balaban J connectivity index is 2.47. The van der Waals surface area contributed by atoms with E-state index in [1.807, 2.05) is 14.1 Å². The van der Waals surface area contributed by atoms with Crippen molar-refractivity contribution < 1.29 is 19.4 Å². The summed E-state index contributed by atoms with van der Waals surface area (Å²) < 4.78 is 5.33. The lowest BCUT2D eigenvalue weighted by atomic mass is 10.1. The number of nitrogens with zero attached hydrogens (tertiary/aromatic N) is 1. The third kappa shape index (κ3) is 5.90. The molecule has 6 nitrogen and oxygen atoms in total. The van der Waals surface area contributed by atoms with E-state index in [-0.39, 0.29) is 18.9 Å². The van der Waals surface area contributed by atoms with Crippen LogP contribution in [-0.2, 0) is 0 Å². The van der Waals surface area contributed by atoms with Crippen LogP contribution in [-0.4, -0.2) is 49.1 Å². The maximum atomic E-state index is 11.8. The number of nitrogens with one attached hydrogen (secondary N) is 1. The van der Waals surface area contributed by atoms with Crippen LogP contribution in [0.15, 0.2) is 36.5 Å². The normalized spacial score (nSPS) is 10.3. The van der Waals surface area contributed by atoms with Gasteiger partial charge in [-0.2, -0.15) is 0 Å². The number of ether oxygens (including phenoxy) is 1. The summed E-state index contributed by atoms with van der Waals surface area (Å²) in [5.74, 6) is 0.503. The summed E-state index contributed by atoms with van der Waals surface area (Å²) in [5.41, 5.74) is 0.569. The van der Waals surface area contributed by atoms with Crippen molar-refractivity contribution >= 4 is 11.9 Å². The zero-order valence-corrected chi connectivity index (χ0v) is 11.5. The molecule has 0 unspecified atom stereocenters. The van der Waals surface area contributed by atoms with Gasteiger partial charge in [-0.3, -0.25) is 4.79 Å². The van der Waals surface area contributed by atoms with E-state index >= 15 is 0 Å². The number of hydrogen-bond donors (Lipinski definition) is 2. The van der Waals surface area contributed by atoms with Gasteiger partial charge in [0, 0.05) is 31.9 Å². The van der Waals surface area contributed by atoms with Gasteiger partial charge in [0.05, 0.1) is 6.54 Å². The van der Waals surface area contributed by atoms with Crippen LogP contribution in [0.5, 0.6) is 5.75 Å². The summed E-state index contributed by atoms with van der Waals surface area (Å²) in [5, 5.41) is 10.6. The molecule has 2 N–H and O–H groups in total. The van der Waals surface area contributed by atoms with E-state index in [1.165, 1.54) is 6.08 Å². The molecule has 0 aliphatic heterocycles. The lowest BCUT2D eigenvalue weighted by Gasteiger charge is -2.06. The number of hydrogen-bond acceptors (Lipinski definition) is 4. The largest absolute Gasteiger partial charge is 0.492 e. The highest BCUT2D eigenvalue weighted by atomic mass is 16.5. The van der Waals surface area contributed by atoms with E-state index in [9.17, 15) is 9.59 Å². The topological polar surface area (TPSA) is 78.9 Å². The first-order chi connectivity index (χ1) is 9.49. The van der Waals surface area contributed by atoms with Crippen molar-refractivity contribution in [2.45, 2.75) is 0 Å². The standard InChI is InChI=1S/C14H18N2O4/c1-16(2)9-7-13(17)11-3-5-12(6-4-11)20-10-8-15-14(18)19/h3-7,9,15H,8,10H2,1-2H3,(H,18,19)/b9-7+. The summed E-state index contributed by atoms with van der Waals surface area (Å²) in [6, 6.07) is 6.69. The lowest BCUT2D eigenvalue weighted by Crippen LogP contribution is -2.26. The molecule has 0 radical (unpaired) electrons. The van der Waals surface area contributed by atoms with Crippen LogP contribution in [0.1, 0.15) is 10.4 Å². The SMILES string of the molecule is CN(C)/C=C/C(=O)c1ccc(OCCNC(=O)O)cc1. The third-order valence-electron chi connectivity index (χ3n) is 2.31. The minimum Gasteiger partial charge on any atom is -0.492 e. The second-order valence-corrected chi connectivity index (χ2v) is 4.25. The summed E-state index contributed by atoms with van der Waals surface area (Å²) in [7, 11) is 3.68. The molecular weight excluding hydrogens is 260 g/mol. The Morgan fingerprint density at radius 2 is 1.95 bits per heavy atom. The highest BCUT2D eigenvalue weighted by Gasteiger charge is 2.02. The summed E-state index contributed by atoms with van der Waals surface area (Å²) >= 11 is 0. The van der Waals surface area contributed by atoms with Crippen molar-refractivity contribution in [3.05, 3.63) is 42.1 Å². The quantitative estimate of drug-likeness (QED) is 0.450. The van der Waals surface area contributed by atoms with E-state index in [0.717, 1.165) is 0 Å². The Bertz CT molecular complexity index is 480. The summed E-state index contributed by atoms with van der Waals surface area (Å²) in [6.07, 6.45) is 2.10. The molecule has 0 atom stereocenters. The average Bonchev–Trinajstić information content (AvgIpc) is 2.41. The fourth-order valence-electron chi connectivity index (χ4n) is 1.36. The molecule has 1 aromatic carbocycles. The van der Waals surface area contributed by atoms with Gasteiger partial charge in [0.15, 0.2) is 5.78 Å². The van der Waals surface area contributed by atoms with E-state index in [0.29, 0.717) is 11.3 Å². The molecule has 0 aliphatic carbocycles. The number of rotatable bonds is 7. The second-order valence-electron chi connectivity index (χ2n) is 4.25.